The molecule has 150 valence electrons. The molecule has 29 heavy (non-hydrogen) atoms. The molecular formula is C20H21IN6OS. The van der Waals surface area contributed by atoms with E-state index in [-0.39, 0.29) is 11.8 Å². The number of halogens is 1. The molecule has 1 amide bonds. The highest BCUT2D eigenvalue weighted by Gasteiger charge is 2.29. The van der Waals surface area contributed by atoms with Gasteiger partial charge in [0.05, 0.1) is 0 Å². The van der Waals surface area contributed by atoms with Crippen LogP contribution in [0.2, 0.25) is 0 Å². The predicted molar refractivity (Wildman–Crippen MR) is 121 cm³/mol. The summed E-state index contributed by atoms with van der Waals surface area (Å²) in [5, 5.41) is 3.85. The molecule has 2 aliphatic rings. The third kappa shape index (κ3) is 3.81. The van der Waals surface area contributed by atoms with E-state index in [0.717, 1.165) is 24.4 Å². The zero-order chi connectivity index (χ0) is 20.0. The third-order valence-electron chi connectivity index (χ3n) is 5.46. The summed E-state index contributed by atoms with van der Waals surface area (Å²) in [5.41, 5.74) is 10.3. The minimum atomic E-state index is 0.144. The van der Waals surface area contributed by atoms with Crippen molar-refractivity contribution >= 4 is 57.2 Å². The number of rotatable bonds is 6. The van der Waals surface area contributed by atoms with Crippen LogP contribution in [-0.2, 0) is 24.2 Å². The van der Waals surface area contributed by atoms with E-state index in [1.807, 2.05) is 4.57 Å². The lowest BCUT2D eigenvalue weighted by atomic mass is 10.1. The summed E-state index contributed by atoms with van der Waals surface area (Å²) in [4.78, 5) is 26.4. The number of carbonyl (C=O) groups excluding carboxylic acids is 1. The molecule has 1 saturated carbocycles. The van der Waals surface area contributed by atoms with Crippen molar-refractivity contribution in [3.63, 3.8) is 0 Å². The van der Waals surface area contributed by atoms with Crippen LogP contribution in [-0.4, -0.2) is 32.0 Å². The summed E-state index contributed by atoms with van der Waals surface area (Å²) < 4.78 is 3.27. The number of hydrogen-bond donors (Lipinski definition) is 2. The molecule has 0 bridgehead atoms. The van der Waals surface area contributed by atoms with Crippen LogP contribution in [0, 0.1) is 9.49 Å². The lowest BCUT2D eigenvalue weighted by Crippen LogP contribution is -2.28. The van der Waals surface area contributed by atoms with Crippen LogP contribution in [0.4, 0.5) is 5.82 Å². The number of hydrogen-bond acceptors (Lipinski definition) is 6. The summed E-state index contributed by atoms with van der Waals surface area (Å²) in [6.45, 7) is 1.13. The van der Waals surface area contributed by atoms with Crippen molar-refractivity contribution in [1.82, 2.24) is 24.8 Å². The van der Waals surface area contributed by atoms with Crippen molar-refractivity contribution in [1.29, 1.82) is 0 Å². The summed E-state index contributed by atoms with van der Waals surface area (Å²) in [5.74, 6) is 0.724. The van der Waals surface area contributed by atoms with Gasteiger partial charge in [-0.3, -0.25) is 4.79 Å². The fraction of sp³-hybridized carbons (Fsp3) is 0.400. The van der Waals surface area contributed by atoms with E-state index in [9.17, 15) is 4.79 Å². The highest BCUT2D eigenvalue weighted by molar-refractivity contribution is 14.1. The van der Waals surface area contributed by atoms with E-state index in [2.05, 4.69) is 50.0 Å². The second kappa shape index (κ2) is 7.75. The Morgan fingerprint density at radius 3 is 2.86 bits per heavy atom. The topological polar surface area (TPSA) is 98.7 Å². The molecule has 0 radical (unpaired) electrons. The van der Waals surface area contributed by atoms with Gasteiger partial charge in [-0.05, 0) is 78.0 Å². The van der Waals surface area contributed by atoms with E-state index in [4.69, 9.17) is 10.7 Å². The number of nitrogens with zero attached hydrogens (tertiary/aromatic N) is 4. The summed E-state index contributed by atoms with van der Waals surface area (Å²) >= 11 is 4.03. The molecule has 2 heterocycles. The van der Waals surface area contributed by atoms with E-state index in [1.165, 1.54) is 38.8 Å². The molecule has 0 unspecified atom stereocenters. The Balaban J connectivity index is 1.46. The normalized spacial score (nSPS) is 15.6. The van der Waals surface area contributed by atoms with Crippen LogP contribution < -0.4 is 11.1 Å². The van der Waals surface area contributed by atoms with E-state index in [0.29, 0.717) is 30.1 Å². The van der Waals surface area contributed by atoms with Crippen molar-refractivity contribution in [3.8, 4) is 0 Å². The molecule has 7 nitrogen and oxygen atoms in total. The molecule has 0 spiro atoms. The fourth-order valence-corrected chi connectivity index (χ4v) is 5.58. The first-order valence-corrected chi connectivity index (χ1v) is 11.7. The lowest BCUT2D eigenvalue weighted by molar-refractivity contribution is -0.122. The Morgan fingerprint density at radius 2 is 2.07 bits per heavy atom. The van der Waals surface area contributed by atoms with Gasteiger partial charge >= 0.3 is 0 Å². The summed E-state index contributed by atoms with van der Waals surface area (Å²) in [7, 11) is 0. The van der Waals surface area contributed by atoms with Crippen LogP contribution >= 0.6 is 34.4 Å². The number of imidazole rings is 1. The molecule has 0 saturated heterocycles. The Bertz CT molecular complexity index is 1110. The number of benzene rings is 1. The SMILES string of the molecule is Nc1ncnc2c1nc(Sc1cc3c(cc1I)CCC3)n2CCNC(=O)C1CC1. The summed E-state index contributed by atoms with van der Waals surface area (Å²) in [6.07, 6.45) is 7.00. The maximum absolute atomic E-state index is 12.0. The monoisotopic (exact) mass is 520 g/mol. The zero-order valence-electron chi connectivity index (χ0n) is 15.8. The lowest BCUT2D eigenvalue weighted by Gasteiger charge is -2.11. The Morgan fingerprint density at radius 1 is 1.28 bits per heavy atom. The smallest absolute Gasteiger partial charge is 0.223 e. The number of nitrogen functional groups attached to an aromatic ring is 1. The van der Waals surface area contributed by atoms with Crippen molar-refractivity contribution in [2.45, 2.75) is 48.7 Å². The van der Waals surface area contributed by atoms with Crippen molar-refractivity contribution in [2.75, 3.05) is 12.3 Å². The number of nitrogens with one attached hydrogen (secondary N) is 1. The molecule has 1 aromatic carbocycles. The number of carbonyl (C=O) groups is 1. The minimum Gasteiger partial charge on any atom is -0.382 e. The molecule has 2 aromatic heterocycles. The van der Waals surface area contributed by atoms with Gasteiger partial charge in [-0.25, -0.2) is 15.0 Å². The third-order valence-corrected chi connectivity index (χ3v) is 7.77. The first-order valence-electron chi connectivity index (χ1n) is 9.83. The van der Waals surface area contributed by atoms with E-state index in [1.54, 1.807) is 11.8 Å². The van der Waals surface area contributed by atoms with Gasteiger partial charge in [0.2, 0.25) is 5.91 Å². The van der Waals surface area contributed by atoms with Crippen LogP contribution in [0.25, 0.3) is 11.2 Å². The largest absolute Gasteiger partial charge is 0.382 e. The minimum absolute atomic E-state index is 0.144. The maximum Gasteiger partial charge on any atom is 0.223 e. The van der Waals surface area contributed by atoms with Crippen LogP contribution in [0.1, 0.15) is 30.4 Å². The van der Waals surface area contributed by atoms with Crippen LogP contribution in [0.5, 0.6) is 0 Å². The number of nitrogens with two attached hydrogens (primary N) is 1. The molecule has 0 atom stereocenters. The van der Waals surface area contributed by atoms with Crippen LogP contribution in [0.3, 0.4) is 0 Å². The molecule has 3 N–H and O–H groups in total. The highest BCUT2D eigenvalue weighted by Crippen LogP contribution is 2.37. The first kappa shape index (κ1) is 19.1. The molecular weight excluding hydrogens is 499 g/mol. The Kier molecular flexibility index (Phi) is 5.10. The molecule has 1 fully saturated rings. The Hall–Kier alpha value is -1.88. The first-order chi connectivity index (χ1) is 14.1. The second-order valence-electron chi connectivity index (χ2n) is 7.55. The van der Waals surface area contributed by atoms with Gasteiger partial charge in [0.25, 0.3) is 0 Å². The fourth-order valence-electron chi connectivity index (χ4n) is 3.74. The van der Waals surface area contributed by atoms with Gasteiger partial charge < -0.3 is 15.6 Å². The molecule has 3 aromatic rings. The standard InChI is InChI=1S/C20H21IN6OS/c21-14-8-12-2-1-3-13(12)9-15(14)29-20-26-16-17(22)24-10-25-18(16)27(20)7-6-23-19(28)11-4-5-11/h8-11H,1-7H2,(H,23,28)(H2,22,24,25). The summed E-state index contributed by atoms with van der Waals surface area (Å²) in [6, 6.07) is 4.59. The van der Waals surface area contributed by atoms with Gasteiger partial charge in [-0.15, -0.1) is 0 Å². The number of anilines is 1. The molecule has 2 aliphatic carbocycles. The predicted octanol–water partition coefficient (Wildman–Crippen LogP) is 3.18. The average molecular weight is 520 g/mol. The van der Waals surface area contributed by atoms with Gasteiger partial charge in [-0.1, -0.05) is 11.8 Å². The van der Waals surface area contributed by atoms with E-state index < -0.39 is 0 Å². The van der Waals surface area contributed by atoms with E-state index >= 15 is 0 Å². The van der Waals surface area contributed by atoms with Crippen molar-refractivity contribution < 1.29 is 4.79 Å². The van der Waals surface area contributed by atoms with Crippen LogP contribution in [0.15, 0.2) is 28.5 Å². The van der Waals surface area contributed by atoms with Crippen molar-refractivity contribution in [2.24, 2.45) is 5.92 Å². The molecule has 0 aliphatic heterocycles. The second-order valence-corrected chi connectivity index (χ2v) is 9.72. The highest BCUT2D eigenvalue weighted by atomic mass is 127. The zero-order valence-corrected chi connectivity index (χ0v) is 18.8. The number of fused-ring (bicyclic) bond motifs is 2. The number of amides is 1. The van der Waals surface area contributed by atoms with Gasteiger partial charge in [-0.2, -0.15) is 0 Å². The van der Waals surface area contributed by atoms with Gasteiger partial charge in [0.15, 0.2) is 22.1 Å². The average Bonchev–Trinajstić information content (AvgIpc) is 3.37. The quantitative estimate of drug-likeness (QED) is 0.485. The Labute approximate surface area is 186 Å². The molecule has 5 rings (SSSR count). The number of aryl methyl sites for hydroxylation is 2. The number of aromatic nitrogens is 4. The van der Waals surface area contributed by atoms with Gasteiger partial charge in [0, 0.05) is 27.5 Å². The molecule has 9 heteroatoms. The van der Waals surface area contributed by atoms with Gasteiger partial charge in [0.1, 0.15) is 6.33 Å². The van der Waals surface area contributed by atoms with Crippen molar-refractivity contribution in [3.05, 3.63) is 33.2 Å². The maximum atomic E-state index is 12.0.